The number of rotatable bonds is 5. The fourth-order valence-corrected chi connectivity index (χ4v) is 1.72. The van der Waals surface area contributed by atoms with Gasteiger partial charge in [-0.15, -0.1) is 0 Å². The van der Waals surface area contributed by atoms with Crippen LogP contribution in [0.5, 0.6) is 0 Å². The first-order chi connectivity index (χ1) is 7.71. The molecule has 1 amide bonds. The molecule has 98 valence electrons. The van der Waals surface area contributed by atoms with Crippen molar-refractivity contribution in [3.63, 3.8) is 0 Å². The van der Waals surface area contributed by atoms with E-state index in [4.69, 9.17) is 10.8 Å². The van der Waals surface area contributed by atoms with E-state index in [2.05, 4.69) is 5.32 Å². The van der Waals surface area contributed by atoms with Crippen LogP contribution in [-0.2, 0) is 9.59 Å². The van der Waals surface area contributed by atoms with Gasteiger partial charge in [-0.1, -0.05) is 33.6 Å². The highest BCUT2D eigenvalue weighted by Gasteiger charge is 2.35. The Morgan fingerprint density at radius 2 is 1.94 bits per heavy atom. The summed E-state index contributed by atoms with van der Waals surface area (Å²) in [5.41, 5.74) is 5.22. The van der Waals surface area contributed by atoms with Gasteiger partial charge in [0.15, 0.2) is 0 Å². The summed E-state index contributed by atoms with van der Waals surface area (Å²) in [6, 6.07) is -1.49. The zero-order valence-electron chi connectivity index (χ0n) is 10.7. The second kappa shape index (κ2) is 5.04. The highest BCUT2D eigenvalue weighted by molar-refractivity contribution is 5.87. The van der Waals surface area contributed by atoms with Crippen LogP contribution >= 0.6 is 0 Å². The van der Waals surface area contributed by atoms with Crippen LogP contribution in [0.4, 0.5) is 0 Å². The normalized spacial score (nSPS) is 19.5. The molecule has 1 aliphatic rings. The molecule has 2 atom stereocenters. The van der Waals surface area contributed by atoms with Crippen molar-refractivity contribution >= 4 is 11.9 Å². The van der Waals surface area contributed by atoms with E-state index in [9.17, 15) is 9.59 Å². The number of amides is 1. The van der Waals surface area contributed by atoms with Gasteiger partial charge in [-0.3, -0.25) is 4.79 Å². The van der Waals surface area contributed by atoms with Crippen LogP contribution in [0.1, 0.15) is 40.0 Å². The number of nitrogens with one attached hydrogen (secondary N) is 1. The molecular weight excluding hydrogens is 220 g/mol. The van der Waals surface area contributed by atoms with E-state index in [0.29, 0.717) is 12.3 Å². The summed E-state index contributed by atoms with van der Waals surface area (Å²) in [4.78, 5) is 22.9. The number of aliphatic carboxylic acids is 1. The number of carboxylic acid groups (broad SMARTS) is 1. The third-order valence-corrected chi connectivity index (χ3v) is 3.02. The van der Waals surface area contributed by atoms with Crippen LogP contribution < -0.4 is 11.1 Å². The van der Waals surface area contributed by atoms with Crippen molar-refractivity contribution in [2.24, 2.45) is 17.1 Å². The first-order valence-corrected chi connectivity index (χ1v) is 6.00. The number of carboxylic acids is 1. The molecule has 4 N–H and O–H groups in total. The Labute approximate surface area is 102 Å². The Kier molecular flexibility index (Phi) is 4.14. The van der Waals surface area contributed by atoms with Crippen molar-refractivity contribution in [1.29, 1.82) is 0 Å². The zero-order valence-corrected chi connectivity index (χ0v) is 10.7. The number of hydrogen-bond donors (Lipinski definition) is 3. The van der Waals surface area contributed by atoms with Crippen LogP contribution in [-0.4, -0.2) is 29.1 Å². The molecule has 0 aliphatic heterocycles. The Hall–Kier alpha value is -1.10. The number of carbonyl (C=O) groups is 2. The van der Waals surface area contributed by atoms with Crippen molar-refractivity contribution in [2.45, 2.75) is 52.1 Å². The van der Waals surface area contributed by atoms with Gasteiger partial charge in [-0.2, -0.15) is 0 Å². The molecule has 0 aromatic carbocycles. The predicted octanol–water partition coefficient (Wildman–Crippen LogP) is 0.729. The lowest BCUT2D eigenvalue weighted by molar-refractivity contribution is -0.145. The largest absolute Gasteiger partial charge is 0.480 e. The van der Waals surface area contributed by atoms with E-state index in [1.54, 1.807) is 20.8 Å². The lowest BCUT2D eigenvalue weighted by Crippen LogP contribution is -2.53. The lowest BCUT2D eigenvalue weighted by Gasteiger charge is -2.28. The van der Waals surface area contributed by atoms with Gasteiger partial charge in [0.2, 0.25) is 5.91 Å². The van der Waals surface area contributed by atoms with Crippen molar-refractivity contribution in [3.8, 4) is 0 Å². The van der Waals surface area contributed by atoms with Gasteiger partial charge in [0, 0.05) is 0 Å². The average Bonchev–Trinajstić information content (AvgIpc) is 2.94. The topological polar surface area (TPSA) is 92.4 Å². The smallest absolute Gasteiger partial charge is 0.326 e. The molecule has 0 aromatic rings. The quantitative estimate of drug-likeness (QED) is 0.662. The summed E-state index contributed by atoms with van der Waals surface area (Å²) >= 11 is 0. The molecule has 1 aliphatic carbocycles. The van der Waals surface area contributed by atoms with Gasteiger partial charge in [0.25, 0.3) is 0 Å². The first kappa shape index (κ1) is 14.0. The van der Waals surface area contributed by atoms with Crippen LogP contribution in [0.2, 0.25) is 0 Å². The third kappa shape index (κ3) is 4.34. The highest BCUT2D eigenvalue weighted by atomic mass is 16.4. The van der Waals surface area contributed by atoms with E-state index in [-0.39, 0.29) is 5.91 Å². The molecule has 5 heteroatoms. The van der Waals surface area contributed by atoms with Crippen molar-refractivity contribution in [3.05, 3.63) is 0 Å². The molecular formula is C12H22N2O3. The van der Waals surface area contributed by atoms with E-state index in [0.717, 1.165) is 12.8 Å². The number of carbonyl (C=O) groups excluding carboxylic acids is 1. The highest BCUT2D eigenvalue weighted by Crippen LogP contribution is 2.33. The summed E-state index contributed by atoms with van der Waals surface area (Å²) < 4.78 is 0. The maximum absolute atomic E-state index is 11.8. The van der Waals surface area contributed by atoms with E-state index in [1.165, 1.54) is 0 Å². The molecule has 0 aromatic heterocycles. The van der Waals surface area contributed by atoms with Crippen molar-refractivity contribution < 1.29 is 14.7 Å². The minimum Gasteiger partial charge on any atom is -0.480 e. The number of hydrogen-bond acceptors (Lipinski definition) is 3. The summed E-state index contributed by atoms with van der Waals surface area (Å²) in [6.07, 6.45) is 2.91. The summed E-state index contributed by atoms with van der Waals surface area (Å²) in [6.45, 7) is 5.33. The van der Waals surface area contributed by atoms with Gasteiger partial charge in [-0.05, 0) is 17.8 Å². The van der Waals surface area contributed by atoms with E-state index >= 15 is 0 Å². The summed E-state index contributed by atoms with van der Waals surface area (Å²) in [7, 11) is 0. The molecule has 1 rings (SSSR count). The average molecular weight is 242 g/mol. The van der Waals surface area contributed by atoms with Crippen LogP contribution in [0, 0.1) is 11.3 Å². The maximum Gasteiger partial charge on any atom is 0.326 e. The molecule has 5 nitrogen and oxygen atoms in total. The fourth-order valence-electron chi connectivity index (χ4n) is 1.72. The number of nitrogens with two attached hydrogens (primary N) is 1. The summed E-state index contributed by atoms with van der Waals surface area (Å²) in [5.74, 6) is -0.836. The second-order valence-corrected chi connectivity index (χ2v) is 5.93. The second-order valence-electron chi connectivity index (χ2n) is 5.93. The lowest BCUT2D eigenvalue weighted by atomic mass is 9.86. The Bertz CT molecular complexity index is 305. The van der Waals surface area contributed by atoms with Gasteiger partial charge in [0.05, 0.1) is 6.04 Å². The molecule has 0 bridgehead atoms. The van der Waals surface area contributed by atoms with Crippen molar-refractivity contribution in [1.82, 2.24) is 5.32 Å². The van der Waals surface area contributed by atoms with Gasteiger partial charge >= 0.3 is 5.97 Å². The Morgan fingerprint density at radius 1 is 1.41 bits per heavy atom. The van der Waals surface area contributed by atoms with Gasteiger partial charge in [0.1, 0.15) is 6.04 Å². The Balaban J connectivity index is 2.53. The van der Waals surface area contributed by atoms with Crippen LogP contribution in [0.25, 0.3) is 0 Å². The molecule has 0 spiro atoms. The molecule has 0 unspecified atom stereocenters. The molecule has 0 heterocycles. The zero-order chi connectivity index (χ0) is 13.2. The standard InChI is InChI=1S/C12H22N2O3/c1-12(2,3)9(11(16)17)14-10(15)8(13)6-7-4-5-7/h7-9H,4-6,13H2,1-3H3,(H,14,15)(H,16,17)/t8-,9-/m0/s1. The van der Waals surface area contributed by atoms with E-state index in [1.807, 2.05) is 0 Å². The van der Waals surface area contributed by atoms with Gasteiger partial charge in [-0.25, -0.2) is 4.79 Å². The van der Waals surface area contributed by atoms with E-state index < -0.39 is 23.5 Å². The molecule has 0 radical (unpaired) electrons. The molecule has 17 heavy (non-hydrogen) atoms. The monoisotopic (exact) mass is 242 g/mol. The predicted molar refractivity (Wildman–Crippen MR) is 64.3 cm³/mol. The molecule has 1 fully saturated rings. The van der Waals surface area contributed by atoms with Gasteiger partial charge < -0.3 is 16.2 Å². The Morgan fingerprint density at radius 3 is 2.29 bits per heavy atom. The minimum atomic E-state index is -1.02. The molecule has 1 saturated carbocycles. The fraction of sp³-hybridized carbons (Fsp3) is 0.833. The third-order valence-electron chi connectivity index (χ3n) is 3.02. The van der Waals surface area contributed by atoms with Crippen molar-refractivity contribution in [2.75, 3.05) is 0 Å². The minimum absolute atomic E-state index is 0.362. The maximum atomic E-state index is 11.8. The SMILES string of the molecule is CC(C)(C)[C@@H](NC(=O)[C@@H](N)CC1CC1)C(=O)O. The molecule has 0 saturated heterocycles. The van der Waals surface area contributed by atoms with Crippen LogP contribution in [0.3, 0.4) is 0 Å². The summed E-state index contributed by atoms with van der Waals surface area (Å²) in [5, 5.41) is 11.6. The van der Waals surface area contributed by atoms with Crippen LogP contribution in [0.15, 0.2) is 0 Å². The first-order valence-electron chi connectivity index (χ1n) is 6.00.